The van der Waals surface area contributed by atoms with Crippen LogP contribution < -0.4 is 20.9 Å². The molecule has 1 aliphatic heterocycles. The molecule has 10 nitrogen and oxygen atoms in total. The first-order valence-corrected chi connectivity index (χ1v) is 12.4. The van der Waals surface area contributed by atoms with Gasteiger partial charge in [-0.1, -0.05) is 18.2 Å². The first-order valence-electron chi connectivity index (χ1n) is 12.4. The number of hydrogen-bond donors (Lipinski definition) is 4. The molecule has 0 aliphatic carbocycles. The van der Waals surface area contributed by atoms with Gasteiger partial charge in [0.15, 0.2) is 5.82 Å². The molecule has 1 fully saturated rings. The van der Waals surface area contributed by atoms with Crippen LogP contribution in [0, 0.1) is 12.7 Å². The summed E-state index contributed by atoms with van der Waals surface area (Å²) in [4.78, 5) is 26.3. The molecule has 1 aliphatic rings. The van der Waals surface area contributed by atoms with Gasteiger partial charge in [0.25, 0.3) is 0 Å². The van der Waals surface area contributed by atoms with Crippen molar-refractivity contribution in [3.8, 4) is 0 Å². The number of nitrogens with one attached hydrogen (secondary N) is 4. The van der Waals surface area contributed by atoms with E-state index in [0.29, 0.717) is 23.3 Å². The number of aromatic amines is 1. The van der Waals surface area contributed by atoms with Crippen LogP contribution in [0.25, 0.3) is 0 Å². The van der Waals surface area contributed by atoms with Crippen molar-refractivity contribution in [3.05, 3.63) is 77.7 Å². The van der Waals surface area contributed by atoms with Crippen molar-refractivity contribution >= 4 is 40.7 Å². The number of likely N-dealkylation sites (N-methyl/N-ethyl adjacent to an activating group) is 1. The SMILES string of the molecule is Cc1cc(Nc2cc(N3CCN(C)CC3)nc(Nc3ccc(CC(=O)Nc4cccc(F)c4)cc3)n2)n[nH]1. The summed E-state index contributed by atoms with van der Waals surface area (Å²) < 4.78 is 13.4. The number of aryl methyl sites for hydroxylation is 1. The van der Waals surface area contributed by atoms with Crippen LogP contribution in [-0.2, 0) is 11.2 Å². The molecule has 0 unspecified atom stereocenters. The van der Waals surface area contributed by atoms with E-state index in [0.717, 1.165) is 48.9 Å². The van der Waals surface area contributed by atoms with Gasteiger partial charge in [-0.25, -0.2) is 4.39 Å². The molecule has 196 valence electrons. The smallest absolute Gasteiger partial charge is 0.231 e. The van der Waals surface area contributed by atoms with E-state index in [4.69, 9.17) is 4.98 Å². The Hall–Kier alpha value is -4.51. The minimum absolute atomic E-state index is 0.170. The normalized spacial score (nSPS) is 13.8. The Balaban J connectivity index is 1.29. The molecule has 1 saturated heterocycles. The quantitative estimate of drug-likeness (QED) is 0.278. The van der Waals surface area contributed by atoms with Crippen molar-refractivity contribution in [3.63, 3.8) is 0 Å². The zero-order valence-corrected chi connectivity index (χ0v) is 21.3. The van der Waals surface area contributed by atoms with Crippen LogP contribution in [0.3, 0.4) is 0 Å². The largest absolute Gasteiger partial charge is 0.354 e. The second-order valence-corrected chi connectivity index (χ2v) is 9.34. The molecule has 11 heteroatoms. The molecule has 0 atom stereocenters. The molecule has 4 aromatic rings. The van der Waals surface area contributed by atoms with Crippen LogP contribution in [0.1, 0.15) is 11.3 Å². The van der Waals surface area contributed by atoms with Crippen molar-refractivity contribution < 1.29 is 9.18 Å². The van der Waals surface area contributed by atoms with Gasteiger partial charge in [0.1, 0.15) is 17.5 Å². The fourth-order valence-corrected chi connectivity index (χ4v) is 4.16. The highest BCUT2D eigenvalue weighted by molar-refractivity contribution is 5.92. The summed E-state index contributed by atoms with van der Waals surface area (Å²) in [7, 11) is 2.12. The van der Waals surface area contributed by atoms with E-state index in [1.807, 2.05) is 43.3 Å². The van der Waals surface area contributed by atoms with Crippen LogP contribution in [0.15, 0.2) is 60.7 Å². The van der Waals surface area contributed by atoms with Gasteiger partial charge in [0.05, 0.1) is 6.42 Å². The van der Waals surface area contributed by atoms with Crippen molar-refractivity contribution in [2.75, 3.05) is 54.1 Å². The highest BCUT2D eigenvalue weighted by Gasteiger charge is 2.18. The summed E-state index contributed by atoms with van der Waals surface area (Å²) >= 11 is 0. The molecule has 5 rings (SSSR count). The van der Waals surface area contributed by atoms with E-state index in [-0.39, 0.29) is 12.3 Å². The van der Waals surface area contributed by atoms with E-state index in [1.165, 1.54) is 12.1 Å². The maximum Gasteiger partial charge on any atom is 0.231 e. The van der Waals surface area contributed by atoms with Crippen LogP contribution in [0.5, 0.6) is 0 Å². The Bertz CT molecular complexity index is 1400. The highest BCUT2D eigenvalue weighted by atomic mass is 19.1. The van der Waals surface area contributed by atoms with Gasteiger partial charge in [0, 0.05) is 55.4 Å². The molecule has 3 heterocycles. The first-order chi connectivity index (χ1) is 18.4. The molecular weight excluding hydrogens is 485 g/mol. The summed E-state index contributed by atoms with van der Waals surface area (Å²) in [6.07, 6.45) is 0.170. The summed E-state index contributed by atoms with van der Waals surface area (Å²) in [5.74, 6) is 1.98. The lowest BCUT2D eigenvalue weighted by Crippen LogP contribution is -2.44. The van der Waals surface area contributed by atoms with Crippen LogP contribution in [0.2, 0.25) is 0 Å². The third-order valence-corrected chi connectivity index (χ3v) is 6.19. The number of carbonyl (C=O) groups is 1. The molecule has 0 radical (unpaired) electrons. The maximum atomic E-state index is 13.4. The molecule has 4 N–H and O–H groups in total. The van der Waals surface area contributed by atoms with Gasteiger partial charge in [-0.3, -0.25) is 9.89 Å². The second kappa shape index (κ2) is 11.3. The topological polar surface area (TPSA) is 114 Å². The maximum absolute atomic E-state index is 13.4. The van der Waals surface area contributed by atoms with E-state index in [9.17, 15) is 9.18 Å². The monoisotopic (exact) mass is 515 g/mol. The number of amides is 1. The third-order valence-electron chi connectivity index (χ3n) is 6.19. The molecule has 2 aromatic carbocycles. The van der Waals surface area contributed by atoms with Crippen LogP contribution in [0.4, 0.5) is 39.2 Å². The number of hydrogen-bond acceptors (Lipinski definition) is 8. The molecule has 0 saturated carbocycles. The predicted molar refractivity (Wildman–Crippen MR) is 147 cm³/mol. The average molecular weight is 516 g/mol. The Morgan fingerprint density at radius 1 is 0.947 bits per heavy atom. The van der Waals surface area contributed by atoms with E-state index in [1.54, 1.807) is 12.1 Å². The van der Waals surface area contributed by atoms with Crippen LogP contribution in [-0.4, -0.2) is 64.2 Å². The minimum Gasteiger partial charge on any atom is -0.354 e. The number of aromatic nitrogens is 4. The Kier molecular flexibility index (Phi) is 7.45. The van der Waals surface area contributed by atoms with Crippen molar-refractivity contribution in [2.45, 2.75) is 13.3 Å². The molecule has 2 aromatic heterocycles. The van der Waals surface area contributed by atoms with Gasteiger partial charge >= 0.3 is 0 Å². The van der Waals surface area contributed by atoms with Crippen molar-refractivity contribution in [1.29, 1.82) is 0 Å². The standard InChI is InChI=1S/C27H30FN9O/c1-18-14-24(35-34-18)31-23-17-25(37-12-10-36(2)11-13-37)33-27(32-23)30-21-8-6-19(7-9-21)15-26(38)29-22-5-3-4-20(28)16-22/h3-9,14,16-17H,10-13,15H2,1-2H3,(H,29,38)(H3,30,31,32,33,34,35). The zero-order chi connectivity index (χ0) is 26.5. The average Bonchev–Trinajstić information content (AvgIpc) is 3.29. The summed E-state index contributed by atoms with van der Waals surface area (Å²) in [6, 6.07) is 17.2. The molecule has 1 amide bonds. The van der Waals surface area contributed by atoms with Gasteiger partial charge in [-0.2, -0.15) is 15.1 Å². The number of H-pyrrole nitrogens is 1. The summed E-state index contributed by atoms with van der Waals surface area (Å²) in [5, 5.41) is 16.4. The molecule has 0 bridgehead atoms. The summed E-state index contributed by atoms with van der Waals surface area (Å²) in [5.41, 5.74) is 2.99. The van der Waals surface area contributed by atoms with Gasteiger partial charge in [-0.05, 0) is 49.9 Å². The predicted octanol–water partition coefficient (Wildman–Crippen LogP) is 4.07. The summed E-state index contributed by atoms with van der Waals surface area (Å²) in [6.45, 7) is 5.61. The highest BCUT2D eigenvalue weighted by Crippen LogP contribution is 2.24. The van der Waals surface area contributed by atoms with E-state index >= 15 is 0 Å². The Morgan fingerprint density at radius 2 is 1.74 bits per heavy atom. The number of nitrogens with zero attached hydrogens (tertiary/aromatic N) is 5. The van der Waals surface area contributed by atoms with Gasteiger partial charge < -0.3 is 25.8 Å². The lowest BCUT2D eigenvalue weighted by atomic mass is 10.1. The van der Waals surface area contributed by atoms with Crippen molar-refractivity contribution in [2.24, 2.45) is 0 Å². The van der Waals surface area contributed by atoms with Crippen molar-refractivity contribution in [1.82, 2.24) is 25.1 Å². The number of piperazine rings is 1. The number of carbonyl (C=O) groups excluding carboxylic acids is 1. The Morgan fingerprint density at radius 3 is 2.45 bits per heavy atom. The van der Waals surface area contributed by atoms with Gasteiger partial charge in [-0.15, -0.1) is 0 Å². The fraction of sp³-hybridized carbons (Fsp3) is 0.259. The number of anilines is 6. The first kappa shape index (κ1) is 25.2. The molecule has 0 spiro atoms. The zero-order valence-electron chi connectivity index (χ0n) is 21.3. The third kappa shape index (κ3) is 6.62. The lowest BCUT2D eigenvalue weighted by Gasteiger charge is -2.33. The second-order valence-electron chi connectivity index (χ2n) is 9.34. The number of halogens is 1. The van der Waals surface area contributed by atoms with E-state index < -0.39 is 5.82 Å². The molecule has 38 heavy (non-hydrogen) atoms. The number of rotatable bonds is 8. The van der Waals surface area contributed by atoms with Crippen LogP contribution >= 0.6 is 0 Å². The lowest BCUT2D eigenvalue weighted by molar-refractivity contribution is -0.115. The number of benzene rings is 2. The fourth-order valence-electron chi connectivity index (χ4n) is 4.16. The minimum atomic E-state index is -0.394. The molecular formula is C27H30FN9O. The van der Waals surface area contributed by atoms with E-state index in [2.05, 4.69) is 48.0 Å². The van der Waals surface area contributed by atoms with Gasteiger partial charge in [0.2, 0.25) is 11.9 Å². The Labute approximate surface area is 220 Å².